The lowest BCUT2D eigenvalue weighted by molar-refractivity contribution is -0.131. The SMILES string of the molecule is CC1(C)CC(=O)N(CC=O)N1. The van der Waals surface area contributed by atoms with Gasteiger partial charge >= 0.3 is 0 Å². The van der Waals surface area contributed by atoms with Crippen LogP contribution in [-0.4, -0.2) is 29.3 Å². The van der Waals surface area contributed by atoms with Gasteiger partial charge in [0.2, 0.25) is 5.91 Å². The largest absolute Gasteiger partial charge is 0.301 e. The monoisotopic (exact) mass is 156 g/mol. The van der Waals surface area contributed by atoms with Gasteiger partial charge in [-0.2, -0.15) is 0 Å². The summed E-state index contributed by atoms with van der Waals surface area (Å²) in [5.74, 6) is -0.0119. The first-order chi connectivity index (χ1) is 5.05. The lowest BCUT2D eigenvalue weighted by Crippen LogP contribution is -2.43. The Morgan fingerprint density at radius 2 is 2.36 bits per heavy atom. The number of hydrazine groups is 1. The van der Waals surface area contributed by atoms with Gasteiger partial charge in [0.05, 0.1) is 6.54 Å². The van der Waals surface area contributed by atoms with Gasteiger partial charge in [-0.15, -0.1) is 0 Å². The highest BCUT2D eigenvalue weighted by Gasteiger charge is 2.34. The van der Waals surface area contributed by atoms with E-state index in [4.69, 9.17) is 0 Å². The molecular weight excluding hydrogens is 144 g/mol. The van der Waals surface area contributed by atoms with Crippen molar-refractivity contribution in [1.29, 1.82) is 0 Å². The van der Waals surface area contributed by atoms with E-state index in [1.165, 1.54) is 5.01 Å². The van der Waals surface area contributed by atoms with Crippen LogP contribution in [-0.2, 0) is 9.59 Å². The van der Waals surface area contributed by atoms with Crippen LogP contribution in [0.1, 0.15) is 20.3 Å². The minimum absolute atomic E-state index is 0.0119. The molecule has 0 radical (unpaired) electrons. The van der Waals surface area contributed by atoms with Crippen LogP contribution in [0.2, 0.25) is 0 Å². The Morgan fingerprint density at radius 1 is 1.73 bits per heavy atom. The Morgan fingerprint density at radius 3 is 2.73 bits per heavy atom. The number of hydrogen-bond donors (Lipinski definition) is 1. The quantitative estimate of drug-likeness (QED) is 0.558. The van der Waals surface area contributed by atoms with E-state index >= 15 is 0 Å². The average Bonchev–Trinajstić information content (AvgIpc) is 2.07. The summed E-state index contributed by atoms with van der Waals surface area (Å²) in [5, 5.41) is 1.35. The van der Waals surface area contributed by atoms with E-state index in [2.05, 4.69) is 5.43 Å². The first kappa shape index (κ1) is 8.20. The highest BCUT2D eigenvalue weighted by molar-refractivity contribution is 5.81. The molecule has 0 atom stereocenters. The van der Waals surface area contributed by atoms with Crippen LogP contribution in [0.5, 0.6) is 0 Å². The van der Waals surface area contributed by atoms with E-state index in [1.807, 2.05) is 13.8 Å². The second-order valence-electron chi connectivity index (χ2n) is 3.34. The number of carbonyl (C=O) groups is 2. The number of nitrogens with zero attached hydrogens (tertiary/aromatic N) is 1. The van der Waals surface area contributed by atoms with Crippen LogP contribution in [0.15, 0.2) is 0 Å². The fourth-order valence-corrected chi connectivity index (χ4v) is 1.16. The summed E-state index contributed by atoms with van der Waals surface area (Å²) in [6.07, 6.45) is 1.17. The molecule has 1 saturated heterocycles. The molecule has 4 nitrogen and oxygen atoms in total. The van der Waals surface area contributed by atoms with E-state index in [0.717, 1.165) is 0 Å². The maximum absolute atomic E-state index is 11.1. The minimum atomic E-state index is -0.194. The number of nitrogens with one attached hydrogen (secondary N) is 1. The molecule has 62 valence electrons. The predicted octanol–water partition coefficient (Wildman–Crippen LogP) is -0.299. The number of rotatable bonds is 2. The summed E-state index contributed by atoms with van der Waals surface area (Å²) < 4.78 is 0. The van der Waals surface area contributed by atoms with Gasteiger partial charge in [0.25, 0.3) is 0 Å². The summed E-state index contributed by atoms with van der Waals surface area (Å²) in [4.78, 5) is 21.2. The van der Waals surface area contributed by atoms with Crippen molar-refractivity contribution in [1.82, 2.24) is 10.4 Å². The third kappa shape index (κ3) is 1.77. The Balaban J connectivity index is 2.59. The van der Waals surface area contributed by atoms with Crippen molar-refractivity contribution in [3.05, 3.63) is 0 Å². The van der Waals surface area contributed by atoms with Crippen LogP contribution in [0.4, 0.5) is 0 Å². The third-order valence-corrected chi connectivity index (χ3v) is 1.59. The highest BCUT2D eigenvalue weighted by Crippen LogP contribution is 2.17. The van der Waals surface area contributed by atoms with Crippen LogP contribution in [0, 0.1) is 0 Å². The fourth-order valence-electron chi connectivity index (χ4n) is 1.16. The average molecular weight is 156 g/mol. The second kappa shape index (κ2) is 2.62. The molecule has 1 heterocycles. The van der Waals surface area contributed by atoms with Crippen LogP contribution >= 0.6 is 0 Å². The molecule has 0 aliphatic carbocycles. The van der Waals surface area contributed by atoms with Crippen LogP contribution < -0.4 is 5.43 Å². The van der Waals surface area contributed by atoms with Gasteiger partial charge in [-0.05, 0) is 13.8 Å². The van der Waals surface area contributed by atoms with Gasteiger partial charge in [-0.1, -0.05) is 0 Å². The van der Waals surface area contributed by atoms with Gasteiger partial charge in [0, 0.05) is 12.0 Å². The molecule has 0 aromatic rings. The summed E-state index contributed by atoms with van der Waals surface area (Å²) in [6.45, 7) is 3.99. The smallest absolute Gasteiger partial charge is 0.238 e. The van der Waals surface area contributed by atoms with E-state index in [0.29, 0.717) is 12.7 Å². The van der Waals surface area contributed by atoms with Crippen molar-refractivity contribution in [3.63, 3.8) is 0 Å². The van der Waals surface area contributed by atoms with Gasteiger partial charge in [0.1, 0.15) is 6.29 Å². The van der Waals surface area contributed by atoms with Crippen molar-refractivity contribution in [2.24, 2.45) is 0 Å². The molecule has 1 amide bonds. The Hall–Kier alpha value is -0.900. The molecule has 11 heavy (non-hydrogen) atoms. The van der Waals surface area contributed by atoms with Gasteiger partial charge in [0.15, 0.2) is 0 Å². The van der Waals surface area contributed by atoms with E-state index < -0.39 is 0 Å². The van der Waals surface area contributed by atoms with Crippen LogP contribution in [0.25, 0.3) is 0 Å². The van der Waals surface area contributed by atoms with Crippen molar-refractivity contribution in [2.75, 3.05) is 6.54 Å². The zero-order valence-electron chi connectivity index (χ0n) is 6.76. The topological polar surface area (TPSA) is 49.4 Å². The number of aldehydes is 1. The Kier molecular flexibility index (Phi) is 1.95. The number of hydrogen-bond acceptors (Lipinski definition) is 3. The molecular formula is C7H12N2O2. The minimum Gasteiger partial charge on any atom is -0.301 e. The first-order valence-corrected chi connectivity index (χ1v) is 3.57. The molecule has 1 fully saturated rings. The fraction of sp³-hybridized carbons (Fsp3) is 0.714. The molecule has 0 aromatic heterocycles. The molecule has 0 spiro atoms. The summed E-state index contributed by atoms with van der Waals surface area (Å²) in [5.41, 5.74) is 2.74. The molecule has 1 aliphatic rings. The lowest BCUT2D eigenvalue weighted by atomic mass is 10.0. The summed E-state index contributed by atoms with van der Waals surface area (Å²) in [6, 6.07) is 0. The maximum atomic E-state index is 11.1. The number of carbonyl (C=O) groups excluding carboxylic acids is 2. The van der Waals surface area contributed by atoms with E-state index in [1.54, 1.807) is 0 Å². The molecule has 1 rings (SSSR count). The van der Waals surface area contributed by atoms with Crippen LogP contribution in [0.3, 0.4) is 0 Å². The molecule has 0 aromatic carbocycles. The first-order valence-electron chi connectivity index (χ1n) is 3.57. The molecule has 0 unspecified atom stereocenters. The van der Waals surface area contributed by atoms with Crippen molar-refractivity contribution in [2.45, 2.75) is 25.8 Å². The summed E-state index contributed by atoms with van der Waals surface area (Å²) >= 11 is 0. The predicted molar refractivity (Wildman–Crippen MR) is 39.6 cm³/mol. The summed E-state index contributed by atoms with van der Waals surface area (Å²) in [7, 11) is 0. The standard InChI is InChI=1S/C7H12N2O2/c1-7(2)5-6(11)9(8-7)3-4-10/h4,8H,3,5H2,1-2H3. The van der Waals surface area contributed by atoms with Gasteiger partial charge in [-0.25, -0.2) is 5.43 Å². The molecule has 0 bridgehead atoms. The molecule has 1 aliphatic heterocycles. The normalized spacial score (nSPS) is 22.4. The van der Waals surface area contributed by atoms with Gasteiger partial charge in [-0.3, -0.25) is 9.80 Å². The number of amides is 1. The molecule has 4 heteroatoms. The molecule has 1 N–H and O–H groups in total. The molecule has 0 saturated carbocycles. The Bertz CT molecular complexity index is 189. The second-order valence-corrected chi connectivity index (χ2v) is 3.34. The van der Waals surface area contributed by atoms with E-state index in [9.17, 15) is 9.59 Å². The zero-order chi connectivity index (χ0) is 8.48. The van der Waals surface area contributed by atoms with Crippen molar-refractivity contribution in [3.8, 4) is 0 Å². The third-order valence-electron chi connectivity index (χ3n) is 1.59. The van der Waals surface area contributed by atoms with Crippen molar-refractivity contribution < 1.29 is 9.59 Å². The van der Waals surface area contributed by atoms with Crippen molar-refractivity contribution >= 4 is 12.2 Å². The highest BCUT2D eigenvalue weighted by atomic mass is 16.2. The maximum Gasteiger partial charge on any atom is 0.238 e. The van der Waals surface area contributed by atoms with E-state index in [-0.39, 0.29) is 18.0 Å². The Labute approximate surface area is 65.5 Å². The lowest BCUT2D eigenvalue weighted by Gasteiger charge is -2.19. The van der Waals surface area contributed by atoms with Gasteiger partial charge < -0.3 is 4.79 Å². The zero-order valence-corrected chi connectivity index (χ0v) is 6.76.